The number of aliphatic hydroxyl groups is 15. The van der Waals surface area contributed by atoms with Crippen LogP contribution in [0.3, 0.4) is 0 Å². The van der Waals surface area contributed by atoms with Crippen LogP contribution in [0.5, 0.6) is 0 Å². The van der Waals surface area contributed by atoms with E-state index < -0.39 is 188 Å². The number of aromatic nitrogens is 15. The molecule has 0 saturated carbocycles. The van der Waals surface area contributed by atoms with Gasteiger partial charge in [0.1, 0.15) is 138 Å². The van der Waals surface area contributed by atoms with Crippen molar-refractivity contribution < 1.29 is 143 Å². The lowest BCUT2D eigenvalue weighted by Crippen LogP contribution is -2.61. The molecule has 0 spiro atoms. The first-order valence-electron chi connectivity index (χ1n) is 35.2. The highest BCUT2D eigenvalue weighted by Gasteiger charge is 2.60. The molecule has 111 heavy (non-hydrogen) atoms. The van der Waals surface area contributed by atoms with Crippen LogP contribution in [0, 0.1) is 0 Å². The minimum absolute atomic E-state index is 0.00223. The first kappa shape index (κ1) is 85.4. The first-order chi connectivity index (χ1) is 53.4. The van der Waals surface area contributed by atoms with Gasteiger partial charge in [0.05, 0.1) is 184 Å². The molecule has 3 unspecified atom stereocenters. The van der Waals surface area contributed by atoms with E-state index in [4.69, 9.17) is 113 Å². The number of nitrogens with one attached hydrogen (secondary N) is 2. The summed E-state index contributed by atoms with van der Waals surface area (Å²) in [6.45, 7) is -0.339. The summed E-state index contributed by atoms with van der Waals surface area (Å²) < 4.78 is 88.1. The summed E-state index contributed by atoms with van der Waals surface area (Å²) in [5, 5.41) is 199. The Morgan fingerprint density at radius 1 is 0.423 bits per heavy atom. The van der Waals surface area contributed by atoms with Crippen LogP contribution in [0.4, 0.5) is 0 Å². The molecule has 0 aliphatic carbocycles. The maximum Gasteiger partial charge on any atom is 0.214 e. The van der Waals surface area contributed by atoms with Crippen LogP contribution in [-0.2, 0) is 132 Å². The molecule has 51 heteroatoms. The van der Waals surface area contributed by atoms with Crippen LogP contribution in [-0.4, -0.2) is 385 Å². The SMILES string of the molecule is OC[C@H]1O[C@H](O[C@]2(CCl)O[C@H](Cn3cc(COCc4cn(C[C@H]5O[C@@H](OCc6cn(CCOCCOCCn7cc(CO[C@@H]8O[C@H](Cn9cc(COCC%10=CN(CC%11O[C@@](CCl)(O[C@@H]%12C[C@@H](O)[C@@H](Cl)[C@@H](CO)O%12)[C@@H](O)[C@@H]%11O)NN%10)nn9)C(O)[C@H](O)[C@@H]8O)nn7)nn6)[C@@H](O)[C@@H](O)C5O)nn4)nn3)[C@@H](O)[C@@H]2O)[C@H](O)[C@@H](O)[C@H]1Cl. The Bertz CT molecular complexity index is 3720. The minimum atomic E-state index is -2.12. The van der Waals surface area contributed by atoms with Crippen molar-refractivity contribution in [3.8, 4) is 0 Å². The third-order valence-corrected chi connectivity index (χ3v) is 20.9. The minimum Gasteiger partial charge on any atom is -0.394 e. The van der Waals surface area contributed by atoms with Crippen LogP contribution in [0.25, 0.3) is 0 Å². The molecule has 17 N–H and O–H groups in total. The summed E-state index contributed by atoms with van der Waals surface area (Å²) in [6, 6.07) is 0. The quantitative estimate of drug-likeness (QED) is 0.0128. The van der Waals surface area contributed by atoms with Crippen LogP contribution in [0.2, 0.25) is 0 Å². The normalized spacial score (nSPS) is 36.7. The largest absolute Gasteiger partial charge is 0.394 e. The Kier molecular flexibility index (Phi) is 29.9. The Morgan fingerprint density at radius 3 is 1.32 bits per heavy atom. The van der Waals surface area contributed by atoms with Gasteiger partial charge in [0.2, 0.25) is 11.6 Å². The number of halogens is 4. The molecule has 6 saturated heterocycles. The summed E-state index contributed by atoms with van der Waals surface area (Å²) in [5.41, 5.74) is 8.24. The second kappa shape index (κ2) is 38.8. The van der Waals surface area contributed by atoms with E-state index in [0.717, 1.165) is 0 Å². The van der Waals surface area contributed by atoms with Gasteiger partial charge < -0.3 is 148 Å². The lowest BCUT2D eigenvalue weighted by atomic mass is 9.99. The average molecular weight is 1670 g/mol. The van der Waals surface area contributed by atoms with E-state index in [-0.39, 0.29) is 98.7 Å². The highest BCUT2D eigenvalue weighted by Crippen LogP contribution is 2.41. The molecule has 5 aromatic rings. The molecule has 12 heterocycles. The summed E-state index contributed by atoms with van der Waals surface area (Å²) in [6.07, 6.45) is -23.2. The van der Waals surface area contributed by atoms with Gasteiger partial charge in [-0.1, -0.05) is 26.1 Å². The Labute approximate surface area is 649 Å². The molecule has 0 aromatic carbocycles. The number of rotatable bonds is 39. The van der Waals surface area contributed by atoms with Crippen molar-refractivity contribution in [2.45, 2.75) is 236 Å². The van der Waals surface area contributed by atoms with E-state index in [1.54, 1.807) is 29.8 Å². The van der Waals surface area contributed by atoms with Crippen molar-refractivity contribution in [2.75, 3.05) is 64.6 Å². The molecule has 0 radical (unpaired) electrons. The third-order valence-electron chi connectivity index (χ3n) is 19.0. The molecular formula is C60H90Cl4N18O29. The molecule has 12 rings (SSSR count). The highest BCUT2D eigenvalue weighted by molar-refractivity contribution is 6.22. The van der Waals surface area contributed by atoms with Crippen LogP contribution in [0.1, 0.15) is 34.9 Å². The highest BCUT2D eigenvalue weighted by atomic mass is 35.5. The predicted octanol–water partition coefficient (Wildman–Crippen LogP) is -9.91. The predicted molar refractivity (Wildman–Crippen MR) is 360 cm³/mol. The molecule has 6 fully saturated rings. The maximum atomic E-state index is 11.0. The van der Waals surface area contributed by atoms with Crippen molar-refractivity contribution in [3.05, 3.63) is 71.4 Å². The van der Waals surface area contributed by atoms with Gasteiger partial charge in [-0.15, -0.1) is 77.4 Å². The van der Waals surface area contributed by atoms with E-state index in [0.29, 0.717) is 47.3 Å². The topological polar surface area (TPSA) is 614 Å². The van der Waals surface area contributed by atoms with Gasteiger partial charge in [0.15, 0.2) is 25.2 Å². The fourth-order valence-corrected chi connectivity index (χ4v) is 14.0. The summed E-state index contributed by atoms with van der Waals surface area (Å²) >= 11 is 24.6. The zero-order chi connectivity index (χ0) is 78.8. The second-order valence-corrected chi connectivity index (χ2v) is 28.7. The second-order valence-electron chi connectivity index (χ2n) is 27.1. The fourth-order valence-electron chi connectivity index (χ4n) is 12.9. The van der Waals surface area contributed by atoms with Crippen molar-refractivity contribution in [1.82, 2.24) is 90.9 Å². The Balaban J connectivity index is 0.495. The lowest BCUT2D eigenvalue weighted by Gasteiger charge is -2.43. The van der Waals surface area contributed by atoms with Crippen molar-refractivity contribution in [2.24, 2.45) is 0 Å². The molecule has 7 aliphatic heterocycles. The molecule has 7 aliphatic rings. The summed E-state index contributed by atoms with van der Waals surface area (Å²) in [4.78, 5) is 0. The molecular weight excluding hydrogens is 1580 g/mol. The number of nitrogens with zero attached hydrogens (tertiary/aromatic N) is 16. The van der Waals surface area contributed by atoms with Gasteiger partial charge in [-0.05, 0) is 0 Å². The molecule has 0 amide bonds. The molecule has 0 bridgehead atoms. The van der Waals surface area contributed by atoms with Crippen LogP contribution < -0.4 is 11.0 Å². The standard InChI is InChI=1S/C60H90Cl4N18O29/c61-26-59(110-41-7-34(85)42(63)39(18-83)104-41)54(96)46(88)37(108-59)16-81-12-30(67-75-81)22-100-20-28-10-79(73-65-28)14-35-44(86)49(91)52(94)56(105-35)102-24-32-8-77(71-69-32)1-3-98-5-6-99-4-2-78-9-33(70-72-78)25-103-57-53(95)50(92)45(87)36(106-57)15-80-11-29(66-74-80)21-101-23-31-13-82(76-68-31)17-38-47(89)55(97)60(27-62,109-38)111-58-51(93)48(90)43(64)40(19-84)107-58/h8-13,34-58,67,75,83-97H,1-7,14-27H2/t34-,35-,36-,37?,38-,39-,40-,41-,42-,43+,44?,45?,46-,47-,48+,49+,50+,51-,52+,53+,54+,55+,56-,57-,58-,59+,60+/m1/s1. The number of hydrogen-bond donors (Lipinski definition) is 17. The zero-order valence-corrected chi connectivity index (χ0v) is 61.9. The lowest BCUT2D eigenvalue weighted by molar-refractivity contribution is -0.358. The maximum absolute atomic E-state index is 11.0. The number of aliphatic hydroxyl groups excluding tert-OH is 15. The van der Waals surface area contributed by atoms with Gasteiger partial charge >= 0.3 is 0 Å². The number of alkyl halides is 4. The van der Waals surface area contributed by atoms with Gasteiger partial charge in [-0.3, -0.25) is 5.01 Å². The Morgan fingerprint density at radius 2 is 0.838 bits per heavy atom. The third kappa shape index (κ3) is 20.7. The van der Waals surface area contributed by atoms with Crippen LogP contribution in [0.15, 0.2) is 42.9 Å². The Hall–Kier alpha value is -5.00. The van der Waals surface area contributed by atoms with E-state index >= 15 is 0 Å². The molecule has 5 aromatic heterocycles. The number of hydrogen-bond acceptors (Lipinski definition) is 42. The number of hydrazine groups is 2. The average Bonchev–Trinajstić information content (AvgIpc) is 1.63. The van der Waals surface area contributed by atoms with Crippen LogP contribution >= 0.6 is 46.4 Å². The molecule has 622 valence electrons. The van der Waals surface area contributed by atoms with Gasteiger partial charge in [-0.2, -0.15) is 0 Å². The van der Waals surface area contributed by atoms with Gasteiger partial charge in [-0.25, -0.2) is 23.4 Å². The van der Waals surface area contributed by atoms with E-state index in [2.05, 4.69) is 62.5 Å². The smallest absolute Gasteiger partial charge is 0.214 e. The van der Waals surface area contributed by atoms with Gasteiger partial charge in [0.25, 0.3) is 0 Å². The number of ether oxygens (including phenoxy) is 14. The van der Waals surface area contributed by atoms with E-state index in [1.165, 1.54) is 35.8 Å². The zero-order valence-electron chi connectivity index (χ0n) is 58.8. The summed E-state index contributed by atoms with van der Waals surface area (Å²) in [7, 11) is 0. The van der Waals surface area contributed by atoms with Crippen molar-refractivity contribution in [1.29, 1.82) is 0 Å². The first-order valence-corrected chi connectivity index (χ1v) is 37.1. The van der Waals surface area contributed by atoms with Gasteiger partial charge in [0, 0.05) is 12.6 Å². The monoisotopic (exact) mass is 1670 g/mol. The summed E-state index contributed by atoms with van der Waals surface area (Å²) in [5.74, 6) is -4.99. The fraction of sp³-hybridized carbons (Fsp3) is 0.800. The van der Waals surface area contributed by atoms with Crippen molar-refractivity contribution in [3.63, 3.8) is 0 Å². The van der Waals surface area contributed by atoms with E-state index in [1.807, 2.05) is 0 Å². The molecule has 47 nitrogen and oxygen atoms in total. The van der Waals surface area contributed by atoms with Crippen molar-refractivity contribution >= 4 is 46.4 Å². The molecule has 27 atom stereocenters. The van der Waals surface area contributed by atoms with E-state index in [9.17, 15) is 76.6 Å².